The lowest BCUT2D eigenvalue weighted by Gasteiger charge is -2.32. The molecule has 5 nitrogen and oxygen atoms in total. The summed E-state index contributed by atoms with van der Waals surface area (Å²) in [4.78, 5) is 11.0. The van der Waals surface area contributed by atoms with Crippen molar-refractivity contribution in [3.8, 4) is 0 Å². The van der Waals surface area contributed by atoms with Gasteiger partial charge in [0.15, 0.2) is 0 Å². The third-order valence-corrected chi connectivity index (χ3v) is 3.19. The summed E-state index contributed by atoms with van der Waals surface area (Å²) in [6.45, 7) is 2.27. The van der Waals surface area contributed by atoms with E-state index in [4.69, 9.17) is 9.84 Å². The van der Waals surface area contributed by atoms with Crippen molar-refractivity contribution in [3.05, 3.63) is 35.4 Å². The fraction of sp³-hybridized carbons (Fsp3) is 0.462. The van der Waals surface area contributed by atoms with Crippen LogP contribution in [0.5, 0.6) is 0 Å². The van der Waals surface area contributed by atoms with Gasteiger partial charge in [0.1, 0.15) is 6.23 Å². The molecule has 0 amide bonds. The Kier molecular flexibility index (Phi) is 3.65. The van der Waals surface area contributed by atoms with E-state index in [0.717, 1.165) is 17.5 Å². The first-order valence-corrected chi connectivity index (χ1v) is 6.01. The van der Waals surface area contributed by atoms with Crippen molar-refractivity contribution >= 4 is 5.97 Å². The number of hydrogen-bond donors (Lipinski definition) is 3. The lowest BCUT2D eigenvalue weighted by Crippen LogP contribution is -2.46. The third-order valence-electron chi connectivity index (χ3n) is 3.19. The molecule has 0 bridgehead atoms. The zero-order chi connectivity index (χ0) is 13.2. The topological polar surface area (TPSA) is 78.8 Å². The van der Waals surface area contributed by atoms with Crippen LogP contribution in [-0.2, 0) is 16.0 Å². The molecule has 0 aromatic heterocycles. The van der Waals surface area contributed by atoms with Crippen LogP contribution in [0.3, 0.4) is 0 Å². The van der Waals surface area contributed by atoms with Crippen molar-refractivity contribution in [2.24, 2.45) is 0 Å². The molecule has 0 fully saturated rings. The number of carboxylic acid groups (broad SMARTS) is 1. The minimum atomic E-state index is -2.15. The number of carboxylic acids is 1. The molecule has 1 aromatic carbocycles. The van der Waals surface area contributed by atoms with E-state index in [2.05, 4.69) is 5.32 Å². The van der Waals surface area contributed by atoms with Crippen molar-refractivity contribution < 1.29 is 19.7 Å². The molecular formula is C13H17NO4. The van der Waals surface area contributed by atoms with E-state index in [-0.39, 0.29) is 6.42 Å². The Balaban J connectivity index is 2.23. The van der Waals surface area contributed by atoms with Crippen LogP contribution in [0, 0.1) is 0 Å². The third kappa shape index (κ3) is 2.38. The van der Waals surface area contributed by atoms with Gasteiger partial charge in [0.2, 0.25) is 0 Å². The average Bonchev–Trinajstić information content (AvgIpc) is 2.39. The number of benzene rings is 1. The second kappa shape index (κ2) is 5.06. The van der Waals surface area contributed by atoms with Crippen LogP contribution in [0.15, 0.2) is 24.3 Å². The fourth-order valence-corrected chi connectivity index (χ4v) is 2.05. The zero-order valence-electron chi connectivity index (χ0n) is 10.2. The molecule has 2 atom stereocenters. The molecule has 0 radical (unpaired) electrons. The molecule has 5 heteroatoms. The Morgan fingerprint density at radius 3 is 2.94 bits per heavy atom. The van der Waals surface area contributed by atoms with E-state index in [1.807, 2.05) is 24.3 Å². The van der Waals surface area contributed by atoms with E-state index < -0.39 is 18.0 Å². The molecule has 0 spiro atoms. The summed E-state index contributed by atoms with van der Waals surface area (Å²) in [5.41, 5.74) is 2.00. The predicted octanol–water partition coefficient (Wildman–Crippen LogP) is 1.03. The number of aliphatic carboxylic acids is 1. The number of hydrogen-bond acceptors (Lipinski definition) is 4. The highest BCUT2D eigenvalue weighted by Crippen LogP contribution is 2.28. The summed E-state index contributed by atoms with van der Waals surface area (Å²) in [6.07, 6.45) is 0.270. The highest BCUT2D eigenvalue weighted by molar-refractivity contribution is 5.75. The van der Waals surface area contributed by atoms with Crippen LogP contribution < -0.4 is 5.32 Å². The molecule has 1 aromatic rings. The first-order chi connectivity index (χ1) is 8.57. The Hall–Kier alpha value is -1.43. The van der Waals surface area contributed by atoms with Crippen molar-refractivity contribution in [2.45, 2.75) is 31.8 Å². The highest BCUT2D eigenvalue weighted by Gasteiger charge is 2.39. The first-order valence-electron chi connectivity index (χ1n) is 6.01. The van der Waals surface area contributed by atoms with Crippen LogP contribution in [0.1, 0.15) is 30.7 Å². The summed E-state index contributed by atoms with van der Waals surface area (Å²) in [5.74, 6) is -3.52. The minimum Gasteiger partial charge on any atom is -0.477 e. The largest absolute Gasteiger partial charge is 0.477 e. The second-order valence-corrected chi connectivity index (χ2v) is 4.34. The van der Waals surface area contributed by atoms with Crippen molar-refractivity contribution in [2.75, 3.05) is 6.54 Å². The Bertz CT molecular complexity index is 448. The standard InChI is InChI=1S/C13H17NO4/c1-2-13(17,12(15)16)18-11-10-6-4-3-5-9(10)7-8-14-11/h3-6,11,14,17H,2,7-8H2,1H3,(H,15,16)/t11-,13-/m1/s1. The van der Waals surface area contributed by atoms with Crippen LogP contribution in [0.25, 0.3) is 0 Å². The van der Waals surface area contributed by atoms with Gasteiger partial charge in [-0.25, -0.2) is 4.79 Å². The maximum Gasteiger partial charge on any atom is 0.364 e. The molecule has 3 N–H and O–H groups in total. The minimum absolute atomic E-state index is 0.0112. The fourth-order valence-electron chi connectivity index (χ4n) is 2.05. The van der Waals surface area contributed by atoms with Gasteiger partial charge in [0, 0.05) is 13.0 Å². The van der Waals surface area contributed by atoms with E-state index in [9.17, 15) is 9.90 Å². The summed E-state index contributed by atoms with van der Waals surface area (Å²) >= 11 is 0. The lowest BCUT2D eigenvalue weighted by molar-refractivity contribution is -0.247. The number of fused-ring (bicyclic) bond motifs is 1. The molecule has 1 aliphatic rings. The van der Waals surface area contributed by atoms with Gasteiger partial charge in [0.05, 0.1) is 0 Å². The van der Waals surface area contributed by atoms with Gasteiger partial charge in [-0.1, -0.05) is 31.2 Å². The Labute approximate surface area is 105 Å². The SMILES string of the molecule is CC[C@@](O)(O[C@H]1NCCc2ccccc21)C(=O)O. The van der Waals surface area contributed by atoms with Crippen LogP contribution in [0.2, 0.25) is 0 Å². The molecule has 0 aliphatic carbocycles. The summed E-state index contributed by atoms with van der Waals surface area (Å²) in [5, 5.41) is 22.0. The van der Waals surface area contributed by atoms with Gasteiger partial charge < -0.3 is 14.9 Å². The molecule has 98 valence electrons. The van der Waals surface area contributed by atoms with Gasteiger partial charge >= 0.3 is 5.97 Å². The number of aliphatic hydroxyl groups is 1. The first kappa shape index (κ1) is 13.0. The monoisotopic (exact) mass is 251 g/mol. The van der Waals surface area contributed by atoms with Gasteiger partial charge in [-0.2, -0.15) is 0 Å². The van der Waals surface area contributed by atoms with E-state index in [1.165, 1.54) is 0 Å². The smallest absolute Gasteiger partial charge is 0.364 e. The van der Waals surface area contributed by atoms with Crippen LogP contribution in [0.4, 0.5) is 0 Å². The van der Waals surface area contributed by atoms with E-state index >= 15 is 0 Å². The maximum absolute atomic E-state index is 11.0. The number of rotatable bonds is 4. The van der Waals surface area contributed by atoms with E-state index in [0.29, 0.717) is 6.54 Å². The van der Waals surface area contributed by atoms with Gasteiger partial charge in [-0.3, -0.25) is 5.32 Å². The number of nitrogens with one attached hydrogen (secondary N) is 1. The normalized spacial score (nSPS) is 22.0. The molecule has 1 aliphatic heterocycles. The lowest BCUT2D eigenvalue weighted by atomic mass is 9.99. The van der Waals surface area contributed by atoms with Gasteiger partial charge in [0.25, 0.3) is 5.79 Å². The average molecular weight is 251 g/mol. The second-order valence-electron chi connectivity index (χ2n) is 4.34. The zero-order valence-corrected chi connectivity index (χ0v) is 10.2. The van der Waals surface area contributed by atoms with Crippen molar-refractivity contribution in [1.29, 1.82) is 0 Å². The molecule has 0 saturated heterocycles. The van der Waals surface area contributed by atoms with Gasteiger partial charge in [-0.05, 0) is 17.5 Å². The summed E-state index contributed by atoms with van der Waals surface area (Å²) in [6, 6.07) is 7.67. The Morgan fingerprint density at radius 2 is 2.28 bits per heavy atom. The van der Waals surface area contributed by atoms with Gasteiger partial charge in [-0.15, -0.1) is 0 Å². The summed E-state index contributed by atoms with van der Waals surface area (Å²) < 4.78 is 5.36. The molecule has 2 rings (SSSR count). The molecule has 0 saturated carbocycles. The predicted molar refractivity (Wildman–Crippen MR) is 64.9 cm³/mol. The molecule has 18 heavy (non-hydrogen) atoms. The maximum atomic E-state index is 11.0. The quantitative estimate of drug-likeness (QED) is 0.697. The Morgan fingerprint density at radius 1 is 1.56 bits per heavy atom. The molecule has 0 unspecified atom stereocenters. The van der Waals surface area contributed by atoms with Crippen molar-refractivity contribution in [3.63, 3.8) is 0 Å². The molecular weight excluding hydrogens is 234 g/mol. The number of carbonyl (C=O) groups is 1. The molecule has 1 heterocycles. The van der Waals surface area contributed by atoms with Crippen molar-refractivity contribution in [1.82, 2.24) is 5.32 Å². The summed E-state index contributed by atoms with van der Waals surface area (Å²) in [7, 11) is 0. The van der Waals surface area contributed by atoms with Crippen LogP contribution >= 0.6 is 0 Å². The number of ether oxygens (including phenoxy) is 1. The highest BCUT2D eigenvalue weighted by atomic mass is 16.7. The van der Waals surface area contributed by atoms with Crippen LogP contribution in [-0.4, -0.2) is 28.5 Å². The van der Waals surface area contributed by atoms with E-state index in [1.54, 1.807) is 6.92 Å².